The molecule has 0 saturated carbocycles. The van der Waals surface area contributed by atoms with Crippen LogP contribution in [0.15, 0.2) is 174 Å². The number of hydrogen-bond acceptors (Lipinski definition) is 4. The summed E-state index contributed by atoms with van der Waals surface area (Å²) in [5.74, 6) is 0. The Kier molecular flexibility index (Phi) is 5.58. The van der Waals surface area contributed by atoms with Crippen LogP contribution < -0.4 is 0 Å². The lowest BCUT2D eigenvalue weighted by Crippen LogP contribution is -2.33. The second-order valence-corrected chi connectivity index (χ2v) is 14.7. The SMILES string of the molecule is c1cc2c(c(-n3c4ccccc4c4ccncc43)c1)C1(c3ccc(-n4c5ccccc5c5ccccc54)cc3S2)c2cccnc2-c2ncccc21. The van der Waals surface area contributed by atoms with Crippen LogP contribution in [-0.2, 0) is 5.41 Å². The molecular weight excluding hydrogens is 655 g/mol. The van der Waals surface area contributed by atoms with Crippen molar-refractivity contribution in [2.24, 2.45) is 0 Å². The zero-order chi connectivity index (χ0) is 34.0. The van der Waals surface area contributed by atoms with E-state index in [9.17, 15) is 0 Å². The second-order valence-electron chi connectivity index (χ2n) is 13.6. The number of fused-ring (bicyclic) bond motifs is 15. The van der Waals surface area contributed by atoms with Gasteiger partial charge in [-0.25, -0.2) is 0 Å². The molecule has 0 unspecified atom stereocenters. The Morgan fingerprint density at radius 3 is 1.75 bits per heavy atom. The molecule has 5 aromatic carbocycles. The number of nitrogens with zero attached hydrogens (tertiary/aromatic N) is 5. The maximum Gasteiger partial charge on any atom is 0.0937 e. The van der Waals surface area contributed by atoms with Crippen LogP contribution in [-0.4, -0.2) is 24.1 Å². The summed E-state index contributed by atoms with van der Waals surface area (Å²) in [6.07, 6.45) is 7.68. The highest BCUT2D eigenvalue weighted by molar-refractivity contribution is 7.99. The fraction of sp³-hybridized carbons (Fsp3) is 0.0217. The lowest BCUT2D eigenvalue weighted by atomic mass is 9.67. The van der Waals surface area contributed by atoms with Gasteiger partial charge in [0.25, 0.3) is 0 Å². The Balaban J connectivity index is 1.21. The highest BCUT2D eigenvalue weighted by Crippen LogP contribution is 2.63. The summed E-state index contributed by atoms with van der Waals surface area (Å²) in [5.41, 5.74) is 12.9. The fourth-order valence-corrected chi connectivity index (χ4v) is 10.5. The van der Waals surface area contributed by atoms with Crippen molar-refractivity contribution in [2.75, 3.05) is 0 Å². The highest BCUT2D eigenvalue weighted by Gasteiger charge is 2.53. The van der Waals surface area contributed by atoms with Crippen molar-refractivity contribution in [2.45, 2.75) is 15.2 Å². The molecular formula is C46H27N5S. The number of rotatable bonds is 2. The molecule has 1 aliphatic carbocycles. The molecule has 0 amide bonds. The standard InChI is InChI=1S/C46H27N5S/c1-4-15-36-29(10-1)30-11-2-5-16-37(30)50(36)28-20-21-33-42(26-28)52-41-19-7-18-39(51-38-17-6-3-12-31(38)32-22-25-47-27-40(32)51)43(41)46(33)34-13-8-23-48-44(34)45-35(46)14-9-24-49-45/h1-27H. The number of aromatic nitrogens is 5. The topological polar surface area (TPSA) is 48.5 Å². The van der Waals surface area contributed by atoms with Crippen molar-refractivity contribution < 1.29 is 0 Å². The van der Waals surface area contributed by atoms with Gasteiger partial charge in [-0.15, -0.1) is 0 Å². The number of para-hydroxylation sites is 3. The molecule has 2 aliphatic rings. The minimum absolute atomic E-state index is 0.668. The maximum absolute atomic E-state index is 5.02. The van der Waals surface area contributed by atoms with E-state index in [1.54, 1.807) is 0 Å². The largest absolute Gasteiger partial charge is 0.309 e. The number of benzene rings is 5. The van der Waals surface area contributed by atoms with Crippen LogP contribution in [0.2, 0.25) is 0 Å². The molecule has 5 aromatic heterocycles. The van der Waals surface area contributed by atoms with E-state index in [0.29, 0.717) is 0 Å². The van der Waals surface area contributed by atoms with Gasteiger partial charge >= 0.3 is 0 Å². The fourth-order valence-electron chi connectivity index (χ4n) is 9.24. The molecule has 12 rings (SSSR count). The number of pyridine rings is 3. The first kappa shape index (κ1) is 28.2. The van der Waals surface area contributed by atoms with Gasteiger partial charge in [-0.2, -0.15) is 0 Å². The predicted octanol–water partition coefficient (Wildman–Crippen LogP) is 10.9. The van der Waals surface area contributed by atoms with Crippen molar-refractivity contribution in [3.05, 3.63) is 187 Å². The third-order valence-electron chi connectivity index (χ3n) is 11.2. The Morgan fingerprint density at radius 2 is 1.08 bits per heavy atom. The summed E-state index contributed by atoms with van der Waals surface area (Å²) in [7, 11) is 0. The first-order valence-electron chi connectivity index (χ1n) is 17.5. The molecule has 0 atom stereocenters. The first-order chi connectivity index (χ1) is 25.8. The van der Waals surface area contributed by atoms with Crippen LogP contribution >= 0.6 is 11.8 Å². The molecule has 0 bridgehead atoms. The zero-order valence-electron chi connectivity index (χ0n) is 27.7. The van der Waals surface area contributed by atoms with Gasteiger partial charge in [0.15, 0.2) is 0 Å². The lowest BCUT2D eigenvalue weighted by Gasteiger charge is -2.41. The van der Waals surface area contributed by atoms with E-state index in [0.717, 1.165) is 44.9 Å². The Bertz CT molecular complexity index is 2980. The Morgan fingerprint density at radius 1 is 0.462 bits per heavy atom. The molecule has 0 fully saturated rings. The van der Waals surface area contributed by atoms with E-state index in [-0.39, 0.29) is 0 Å². The number of hydrogen-bond donors (Lipinski definition) is 0. The first-order valence-corrected chi connectivity index (χ1v) is 18.3. The summed E-state index contributed by atoms with van der Waals surface area (Å²) in [6, 6.07) is 50.8. The minimum atomic E-state index is -0.668. The van der Waals surface area contributed by atoms with Crippen LogP contribution in [0, 0.1) is 0 Å². The molecule has 6 heterocycles. The summed E-state index contributed by atoms with van der Waals surface area (Å²) < 4.78 is 4.83. The van der Waals surface area contributed by atoms with E-state index >= 15 is 0 Å². The van der Waals surface area contributed by atoms with Crippen molar-refractivity contribution in [3.8, 4) is 22.8 Å². The van der Waals surface area contributed by atoms with Gasteiger partial charge in [0.05, 0.1) is 50.8 Å². The average Bonchev–Trinajstić information content (AvgIpc) is 3.82. The van der Waals surface area contributed by atoms with E-state index in [2.05, 4.69) is 154 Å². The van der Waals surface area contributed by atoms with Crippen LogP contribution in [0.4, 0.5) is 0 Å². The molecule has 1 aliphatic heterocycles. The van der Waals surface area contributed by atoms with Crippen molar-refractivity contribution in [1.82, 2.24) is 24.1 Å². The van der Waals surface area contributed by atoms with Crippen LogP contribution in [0.1, 0.15) is 22.3 Å². The summed E-state index contributed by atoms with van der Waals surface area (Å²) >= 11 is 1.85. The molecule has 52 heavy (non-hydrogen) atoms. The van der Waals surface area contributed by atoms with Crippen LogP contribution in [0.3, 0.4) is 0 Å². The van der Waals surface area contributed by atoms with Gasteiger partial charge in [-0.3, -0.25) is 15.0 Å². The quantitative estimate of drug-likeness (QED) is 0.182. The molecule has 1 spiro atoms. The summed E-state index contributed by atoms with van der Waals surface area (Å²) in [4.78, 5) is 17.1. The molecule has 242 valence electrons. The van der Waals surface area contributed by atoms with Gasteiger partial charge in [-0.1, -0.05) is 90.6 Å². The molecule has 0 N–H and O–H groups in total. The summed E-state index contributed by atoms with van der Waals surface area (Å²) in [6.45, 7) is 0. The Labute approximate surface area is 302 Å². The second kappa shape index (κ2) is 10.3. The van der Waals surface area contributed by atoms with E-state index in [1.807, 2.05) is 36.5 Å². The summed E-state index contributed by atoms with van der Waals surface area (Å²) in [5, 5.41) is 4.91. The van der Waals surface area contributed by atoms with Crippen molar-refractivity contribution >= 4 is 55.4 Å². The molecule has 0 radical (unpaired) electrons. The van der Waals surface area contributed by atoms with Crippen LogP contribution in [0.25, 0.3) is 66.4 Å². The maximum atomic E-state index is 5.02. The highest BCUT2D eigenvalue weighted by atomic mass is 32.2. The zero-order valence-corrected chi connectivity index (χ0v) is 28.5. The smallest absolute Gasteiger partial charge is 0.0937 e. The Hall–Kier alpha value is -6.50. The third-order valence-corrected chi connectivity index (χ3v) is 12.3. The van der Waals surface area contributed by atoms with Gasteiger partial charge < -0.3 is 9.13 Å². The third kappa shape index (κ3) is 3.47. The van der Waals surface area contributed by atoms with Crippen LogP contribution in [0.5, 0.6) is 0 Å². The average molecular weight is 682 g/mol. The lowest BCUT2D eigenvalue weighted by molar-refractivity contribution is 0.712. The predicted molar refractivity (Wildman–Crippen MR) is 210 cm³/mol. The van der Waals surface area contributed by atoms with Gasteiger partial charge in [0, 0.05) is 61.2 Å². The van der Waals surface area contributed by atoms with E-state index < -0.39 is 5.41 Å². The van der Waals surface area contributed by atoms with E-state index in [4.69, 9.17) is 9.97 Å². The molecule has 10 aromatic rings. The van der Waals surface area contributed by atoms with Crippen molar-refractivity contribution in [1.29, 1.82) is 0 Å². The molecule has 0 saturated heterocycles. The van der Waals surface area contributed by atoms with Gasteiger partial charge in [-0.05, 0) is 77.4 Å². The molecule has 6 heteroatoms. The van der Waals surface area contributed by atoms with Crippen molar-refractivity contribution in [3.63, 3.8) is 0 Å². The van der Waals surface area contributed by atoms with Gasteiger partial charge in [0.1, 0.15) is 0 Å². The van der Waals surface area contributed by atoms with E-state index in [1.165, 1.54) is 53.5 Å². The van der Waals surface area contributed by atoms with Gasteiger partial charge in [0.2, 0.25) is 0 Å². The molecule has 5 nitrogen and oxygen atoms in total. The normalized spacial score (nSPS) is 13.8. The minimum Gasteiger partial charge on any atom is -0.309 e. The monoisotopic (exact) mass is 681 g/mol.